The molecule has 0 unspecified atom stereocenters. The highest BCUT2D eigenvalue weighted by molar-refractivity contribution is 8.18. The van der Waals surface area contributed by atoms with Crippen LogP contribution in [0.25, 0.3) is 6.08 Å². The Morgan fingerprint density at radius 1 is 1.13 bits per heavy atom. The molecule has 1 saturated heterocycles. The van der Waals surface area contributed by atoms with Gasteiger partial charge in [0.2, 0.25) is 0 Å². The summed E-state index contributed by atoms with van der Waals surface area (Å²) in [4.78, 5) is 17.4. The van der Waals surface area contributed by atoms with E-state index in [1.165, 1.54) is 17.3 Å². The zero-order chi connectivity index (χ0) is 16.2. The minimum atomic E-state index is -0.0917. The predicted molar refractivity (Wildman–Crippen MR) is 97.8 cm³/mol. The topological polar surface area (TPSA) is 41.5 Å². The number of thioether (sulfide) groups is 1. The van der Waals surface area contributed by atoms with E-state index in [9.17, 15) is 4.79 Å². The number of amidine groups is 1. The van der Waals surface area contributed by atoms with Crippen molar-refractivity contribution < 1.29 is 4.79 Å². The summed E-state index contributed by atoms with van der Waals surface area (Å²) in [6.45, 7) is 4.14. The molecule has 1 heterocycles. The average Bonchev–Trinajstić information content (AvgIpc) is 2.89. The molecule has 1 aliphatic rings. The van der Waals surface area contributed by atoms with E-state index in [2.05, 4.69) is 23.3 Å². The van der Waals surface area contributed by atoms with Crippen LogP contribution < -0.4 is 5.32 Å². The number of nitrogens with zero attached hydrogens (tertiary/aromatic N) is 1. The summed E-state index contributed by atoms with van der Waals surface area (Å²) in [5, 5.41) is 3.48. The fraction of sp³-hybridized carbons (Fsp3) is 0.158. The number of amides is 1. The lowest BCUT2D eigenvalue weighted by molar-refractivity contribution is -0.115. The van der Waals surface area contributed by atoms with E-state index in [-0.39, 0.29) is 5.91 Å². The summed E-state index contributed by atoms with van der Waals surface area (Å²) < 4.78 is 0. The molecule has 2 aromatic carbocycles. The third kappa shape index (κ3) is 3.54. The first-order chi connectivity index (χ1) is 11.2. The molecular formula is C19H18N2OS. The lowest BCUT2D eigenvalue weighted by Gasteiger charge is -2.02. The van der Waals surface area contributed by atoms with E-state index in [1.54, 1.807) is 0 Å². The molecule has 0 aliphatic carbocycles. The summed E-state index contributed by atoms with van der Waals surface area (Å²) in [5.41, 5.74) is 4.29. The van der Waals surface area contributed by atoms with Crippen molar-refractivity contribution in [3.05, 3.63) is 70.1 Å². The minimum Gasteiger partial charge on any atom is -0.300 e. The maximum atomic E-state index is 12.2. The van der Waals surface area contributed by atoms with Gasteiger partial charge < -0.3 is 5.32 Å². The zero-order valence-corrected chi connectivity index (χ0v) is 14.0. The number of benzene rings is 2. The van der Waals surface area contributed by atoms with E-state index in [4.69, 9.17) is 0 Å². The van der Waals surface area contributed by atoms with Crippen LogP contribution in [-0.2, 0) is 11.2 Å². The van der Waals surface area contributed by atoms with Crippen molar-refractivity contribution in [3.63, 3.8) is 0 Å². The standard InChI is InChI=1S/C19H18N2OS/c1-3-14-9-6-7-11-16(14)20-19-21-18(22)17(23-19)12-15-10-5-4-8-13(15)2/h4-12H,3H2,1-2H3,(H,20,21,22)/b17-12-. The Hall–Kier alpha value is -2.33. The van der Waals surface area contributed by atoms with Crippen LogP contribution in [0.4, 0.5) is 5.69 Å². The minimum absolute atomic E-state index is 0.0917. The van der Waals surface area contributed by atoms with E-state index < -0.39 is 0 Å². The van der Waals surface area contributed by atoms with Gasteiger partial charge in [0.1, 0.15) is 0 Å². The van der Waals surface area contributed by atoms with E-state index in [0.29, 0.717) is 10.1 Å². The molecule has 0 atom stereocenters. The Kier molecular flexibility index (Phi) is 4.63. The highest BCUT2D eigenvalue weighted by atomic mass is 32.2. The number of hydrogen-bond donors (Lipinski definition) is 1. The van der Waals surface area contributed by atoms with Crippen LogP contribution in [0.1, 0.15) is 23.6 Å². The summed E-state index contributed by atoms with van der Waals surface area (Å²) in [5.74, 6) is -0.0917. The van der Waals surface area contributed by atoms with E-state index >= 15 is 0 Å². The number of nitrogens with one attached hydrogen (secondary N) is 1. The number of carbonyl (C=O) groups excluding carboxylic acids is 1. The number of para-hydroxylation sites is 1. The van der Waals surface area contributed by atoms with Gasteiger partial charge >= 0.3 is 0 Å². The quantitative estimate of drug-likeness (QED) is 0.848. The Bertz CT molecular complexity index is 809. The van der Waals surface area contributed by atoms with Crippen molar-refractivity contribution in [2.75, 3.05) is 0 Å². The number of rotatable bonds is 3. The molecule has 23 heavy (non-hydrogen) atoms. The van der Waals surface area contributed by atoms with Gasteiger partial charge in [-0.3, -0.25) is 4.79 Å². The molecule has 3 rings (SSSR count). The van der Waals surface area contributed by atoms with Crippen molar-refractivity contribution in [1.82, 2.24) is 5.32 Å². The van der Waals surface area contributed by atoms with Crippen molar-refractivity contribution >= 4 is 34.6 Å². The molecule has 1 aliphatic heterocycles. The predicted octanol–water partition coefficient (Wildman–Crippen LogP) is 4.45. The van der Waals surface area contributed by atoms with Gasteiger partial charge in [0, 0.05) is 0 Å². The molecule has 0 radical (unpaired) electrons. The van der Waals surface area contributed by atoms with Gasteiger partial charge in [0.05, 0.1) is 10.6 Å². The maximum Gasteiger partial charge on any atom is 0.264 e. The highest BCUT2D eigenvalue weighted by Gasteiger charge is 2.24. The van der Waals surface area contributed by atoms with E-state index in [0.717, 1.165) is 23.2 Å². The molecule has 2 aromatic rings. The Balaban J connectivity index is 1.88. The molecule has 0 saturated carbocycles. The fourth-order valence-corrected chi connectivity index (χ4v) is 3.22. The Morgan fingerprint density at radius 3 is 2.65 bits per heavy atom. The Labute approximate surface area is 140 Å². The summed E-state index contributed by atoms with van der Waals surface area (Å²) in [6.07, 6.45) is 2.83. The van der Waals surface area contributed by atoms with Gasteiger partial charge in [-0.05, 0) is 53.9 Å². The number of aryl methyl sites for hydroxylation is 2. The van der Waals surface area contributed by atoms with Crippen LogP contribution in [0.15, 0.2) is 58.4 Å². The van der Waals surface area contributed by atoms with Gasteiger partial charge in [0.25, 0.3) is 5.91 Å². The monoisotopic (exact) mass is 322 g/mol. The fourth-order valence-electron chi connectivity index (χ4n) is 2.40. The van der Waals surface area contributed by atoms with Gasteiger partial charge in [0.15, 0.2) is 5.17 Å². The van der Waals surface area contributed by atoms with Crippen LogP contribution in [0.3, 0.4) is 0 Å². The second-order valence-corrected chi connectivity index (χ2v) is 6.35. The van der Waals surface area contributed by atoms with Crippen LogP contribution in [0.2, 0.25) is 0 Å². The molecular weight excluding hydrogens is 304 g/mol. The smallest absolute Gasteiger partial charge is 0.264 e. The van der Waals surface area contributed by atoms with Crippen molar-refractivity contribution in [2.45, 2.75) is 20.3 Å². The molecule has 0 spiro atoms. The second kappa shape index (κ2) is 6.84. The third-order valence-electron chi connectivity index (χ3n) is 3.72. The first-order valence-electron chi connectivity index (χ1n) is 7.60. The Morgan fingerprint density at radius 2 is 1.87 bits per heavy atom. The van der Waals surface area contributed by atoms with Crippen LogP contribution >= 0.6 is 11.8 Å². The molecule has 116 valence electrons. The molecule has 4 heteroatoms. The first-order valence-corrected chi connectivity index (χ1v) is 8.42. The molecule has 1 fully saturated rings. The van der Waals surface area contributed by atoms with Crippen molar-refractivity contribution in [2.24, 2.45) is 4.99 Å². The summed E-state index contributed by atoms with van der Waals surface area (Å²) >= 11 is 1.39. The average molecular weight is 322 g/mol. The third-order valence-corrected chi connectivity index (χ3v) is 4.63. The number of carbonyl (C=O) groups is 1. The van der Waals surface area contributed by atoms with Crippen LogP contribution in [0.5, 0.6) is 0 Å². The van der Waals surface area contributed by atoms with Gasteiger partial charge in [-0.2, -0.15) is 0 Å². The molecule has 3 nitrogen and oxygen atoms in total. The van der Waals surface area contributed by atoms with Crippen LogP contribution in [0, 0.1) is 6.92 Å². The van der Waals surface area contributed by atoms with Crippen LogP contribution in [-0.4, -0.2) is 11.1 Å². The lowest BCUT2D eigenvalue weighted by Crippen LogP contribution is -2.19. The van der Waals surface area contributed by atoms with Gasteiger partial charge in [-0.1, -0.05) is 49.4 Å². The maximum absolute atomic E-state index is 12.2. The van der Waals surface area contributed by atoms with Gasteiger partial charge in [-0.25, -0.2) is 4.99 Å². The lowest BCUT2D eigenvalue weighted by atomic mass is 10.1. The summed E-state index contributed by atoms with van der Waals surface area (Å²) in [6, 6.07) is 16.0. The molecule has 1 N–H and O–H groups in total. The molecule has 0 bridgehead atoms. The van der Waals surface area contributed by atoms with Crippen molar-refractivity contribution in [3.8, 4) is 0 Å². The largest absolute Gasteiger partial charge is 0.300 e. The molecule has 0 aromatic heterocycles. The van der Waals surface area contributed by atoms with Gasteiger partial charge in [-0.15, -0.1) is 0 Å². The number of aliphatic imine (C=N–C) groups is 1. The first kappa shape index (κ1) is 15.6. The second-order valence-electron chi connectivity index (χ2n) is 5.32. The highest BCUT2D eigenvalue weighted by Crippen LogP contribution is 2.29. The molecule has 1 amide bonds. The number of hydrogen-bond acceptors (Lipinski definition) is 3. The van der Waals surface area contributed by atoms with E-state index in [1.807, 2.05) is 55.5 Å². The SMILES string of the molecule is CCc1ccccc1N=C1NC(=O)/C(=C/c2ccccc2C)S1. The normalized spacial score (nSPS) is 17.7. The van der Waals surface area contributed by atoms with Crippen molar-refractivity contribution in [1.29, 1.82) is 0 Å². The summed E-state index contributed by atoms with van der Waals surface area (Å²) in [7, 11) is 0. The zero-order valence-electron chi connectivity index (χ0n) is 13.2.